The Bertz CT molecular complexity index is 1290. The monoisotopic (exact) mass is 607 g/mol. The van der Waals surface area contributed by atoms with Crippen LogP contribution in [-0.2, 0) is 29.2 Å². The fourth-order valence-corrected chi connectivity index (χ4v) is 7.14. The van der Waals surface area contributed by atoms with Crippen molar-refractivity contribution >= 4 is 23.4 Å². The van der Waals surface area contributed by atoms with Gasteiger partial charge in [-0.05, 0) is 61.1 Å². The van der Waals surface area contributed by atoms with Crippen LogP contribution in [0.15, 0.2) is 36.8 Å². The number of hydrogen-bond acceptors (Lipinski definition) is 7. The maximum atomic E-state index is 14.5. The van der Waals surface area contributed by atoms with E-state index in [0.717, 1.165) is 18.4 Å². The van der Waals surface area contributed by atoms with Gasteiger partial charge in [0.2, 0.25) is 11.8 Å². The molecule has 1 aromatic carbocycles. The van der Waals surface area contributed by atoms with Gasteiger partial charge in [-0.1, -0.05) is 32.9 Å². The molecule has 1 aromatic heterocycles. The van der Waals surface area contributed by atoms with Crippen molar-refractivity contribution in [3.8, 4) is 0 Å². The van der Waals surface area contributed by atoms with Crippen LogP contribution in [0.4, 0.5) is 5.69 Å². The van der Waals surface area contributed by atoms with Crippen LogP contribution in [-0.4, -0.2) is 90.5 Å². The highest BCUT2D eigenvalue weighted by Gasteiger charge is 2.48. The first-order valence-electron chi connectivity index (χ1n) is 16.0. The SMILES string of the molecule is CC(C)(C)c1ccc(N(C(=O)c2c[nH]cn2)C(C(=O)NC2CCN(C(=O)C3CCOC3)CC2)C2CCOC3OCCC32)cc1. The third-order valence-corrected chi connectivity index (χ3v) is 9.70. The van der Waals surface area contributed by atoms with Crippen molar-refractivity contribution in [2.24, 2.45) is 17.8 Å². The first kappa shape index (κ1) is 30.7. The lowest BCUT2D eigenvalue weighted by atomic mass is 9.79. The topological polar surface area (TPSA) is 126 Å². The Kier molecular flexibility index (Phi) is 9.07. The van der Waals surface area contributed by atoms with Gasteiger partial charge >= 0.3 is 0 Å². The van der Waals surface area contributed by atoms with Crippen LogP contribution in [0.3, 0.4) is 0 Å². The second-order valence-electron chi connectivity index (χ2n) is 13.6. The van der Waals surface area contributed by atoms with E-state index in [-0.39, 0.29) is 58.9 Å². The van der Waals surface area contributed by atoms with Crippen LogP contribution in [0.5, 0.6) is 0 Å². The summed E-state index contributed by atoms with van der Waals surface area (Å²) in [5, 5.41) is 3.31. The Morgan fingerprint density at radius 2 is 1.73 bits per heavy atom. The fraction of sp³-hybridized carbons (Fsp3) is 0.636. The lowest BCUT2D eigenvalue weighted by molar-refractivity contribution is -0.170. The molecule has 11 nitrogen and oxygen atoms in total. The van der Waals surface area contributed by atoms with Crippen molar-refractivity contribution in [1.82, 2.24) is 20.2 Å². The highest BCUT2D eigenvalue weighted by molar-refractivity contribution is 6.09. The summed E-state index contributed by atoms with van der Waals surface area (Å²) in [4.78, 5) is 52.4. The fourth-order valence-electron chi connectivity index (χ4n) is 7.14. The molecule has 5 atom stereocenters. The van der Waals surface area contributed by atoms with Gasteiger partial charge in [0, 0.05) is 43.5 Å². The molecule has 6 rings (SSSR count). The zero-order chi connectivity index (χ0) is 30.8. The minimum atomic E-state index is -0.798. The van der Waals surface area contributed by atoms with Crippen molar-refractivity contribution < 1.29 is 28.6 Å². The number of ether oxygens (including phenoxy) is 3. The Hall–Kier alpha value is -3.28. The van der Waals surface area contributed by atoms with Gasteiger partial charge in [0.1, 0.15) is 11.7 Å². The van der Waals surface area contributed by atoms with Gasteiger partial charge in [-0.25, -0.2) is 4.98 Å². The lowest BCUT2D eigenvalue weighted by Gasteiger charge is -2.43. The molecule has 0 radical (unpaired) electrons. The normalized spacial score (nSPS) is 26.7. The Morgan fingerprint density at radius 3 is 2.36 bits per heavy atom. The average molecular weight is 608 g/mol. The van der Waals surface area contributed by atoms with E-state index in [4.69, 9.17) is 14.2 Å². The van der Waals surface area contributed by atoms with Crippen LogP contribution < -0.4 is 10.2 Å². The summed E-state index contributed by atoms with van der Waals surface area (Å²) < 4.78 is 17.3. The van der Waals surface area contributed by atoms with E-state index >= 15 is 0 Å². The Balaban J connectivity index is 1.29. The lowest BCUT2D eigenvalue weighted by Crippen LogP contribution is -2.59. The smallest absolute Gasteiger partial charge is 0.279 e. The Labute approximate surface area is 259 Å². The van der Waals surface area contributed by atoms with Crippen LogP contribution >= 0.6 is 0 Å². The molecule has 44 heavy (non-hydrogen) atoms. The first-order chi connectivity index (χ1) is 21.2. The first-order valence-corrected chi connectivity index (χ1v) is 16.0. The van der Waals surface area contributed by atoms with E-state index in [1.807, 2.05) is 29.2 Å². The number of rotatable bonds is 7. The third-order valence-electron chi connectivity index (χ3n) is 9.70. The summed E-state index contributed by atoms with van der Waals surface area (Å²) in [5.41, 5.74) is 1.96. The molecule has 4 aliphatic heterocycles. The maximum absolute atomic E-state index is 14.5. The number of hydrogen-bond donors (Lipinski definition) is 2. The summed E-state index contributed by atoms with van der Waals surface area (Å²) in [6, 6.07) is 7.03. The number of aromatic nitrogens is 2. The van der Waals surface area contributed by atoms with Crippen molar-refractivity contribution in [3.05, 3.63) is 48.0 Å². The van der Waals surface area contributed by atoms with Crippen molar-refractivity contribution in [2.45, 2.75) is 76.7 Å². The molecule has 0 saturated carbocycles. The molecule has 3 amide bonds. The van der Waals surface area contributed by atoms with Crippen LogP contribution in [0.2, 0.25) is 0 Å². The van der Waals surface area contributed by atoms with Crippen LogP contribution in [0, 0.1) is 17.8 Å². The number of anilines is 1. The summed E-state index contributed by atoms with van der Waals surface area (Å²) in [6.07, 6.45) is 6.14. The van der Waals surface area contributed by atoms with Crippen LogP contribution in [0.1, 0.15) is 68.9 Å². The number of aromatic amines is 1. The van der Waals surface area contributed by atoms with Gasteiger partial charge in [-0.2, -0.15) is 0 Å². The number of piperidine rings is 1. The molecule has 5 unspecified atom stereocenters. The van der Waals surface area contributed by atoms with Gasteiger partial charge in [-0.3, -0.25) is 19.3 Å². The third kappa shape index (κ3) is 6.41. The van der Waals surface area contributed by atoms with Gasteiger partial charge in [0.05, 0.1) is 32.1 Å². The summed E-state index contributed by atoms with van der Waals surface area (Å²) in [6.45, 7) is 9.76. The van der Waals surface area contributed by atoms with Gasteiger partial charge < -0.3 is 29.4 Å². The van der Waals surface area contributed by atoms with E-state index in [0.29, 0.717) is 64.5 Å². The molecule has 238 valence electrons. The number of carbonyl (C=O) groups is 3. The minimum absolute atomic E-state index is 0.0177. The number of fused-ring (bicyclic) bond motifs is 1. The number of amides is 3. The van der Waals surface area contributed by atoms with Gasteiger partial charge in [0.15, 0.2) is 6.29 Å². The van der Waals surface area contributed by atoms with E-state index in [2.05, 4.69) is 36.1 Å². The van der Waals surface area contributed by atoms with Crippen LogP contribution in [0.25, 0.3) is 0 Å². The number of carbonyl (C=O) groups excluding carboxylic acids is 3. The number of nitrogens with one attached hydrogen (secondary N) is 2. The molecule has 0 bridgehead atoms. The number of benzene rings is 1. The summed E-state index contributed by atoms with van der Waals surface area (Å²) >= 11 is 0. The van der Waals surface area contributed by atoms with Crippen molar-refractivity contribution in [1.29, 1.82) is 0 Å². The molecule has 5 heterocycles. The van der Waals surface area contributed by atoms with E-state index in [1.165, 1.54) is 6.33 Å². The predicted octanol–water partition coefficient (Wildman–Crippen LogP) is 3.27. The second kappa shape index (κ2) is 13.0. The number of H-pyrrole nitrogens is 1. The zero-order valence-electron chi connectivity index (χ0n) is 26.0. The standard InChI is InChI=1S/C33H45N5O6/c1-33(2,3)22-4-6-24(7-5-22)38(31(41)27-18-34-20-35-27)28(25-11-16-43-32-26(25)12-17-44-32)29(39)36-23-8-13-37(14-9-23)30(40)21-10-15-42-19-21/h4-7,18,20-21,23,25-26,28,32H,8-17,19H2,1-3H3,(H,34,35)(H,36,39). The van der Waals surface area contributed by atoms with Gasteiger partial charge in [0.25, 0.3) is 5.91 Å². The molecular formula is C33H45N5O6. The molecule has 4 saturated heterocycles. The number of nitrogens with zero attached hydrogens (tertiary/aromatic N) is 3. The summed E-state index contributed by atoms with van der Waals surface area (Å²) in [7, 11) is 0. The quantitative estimate of drug-likeness (QED) is 0.495. The molecule has 0 spiro atoms. The predicted molar refractivity (Wildman–Crippen MR) is 163 cm³/mol. The molecule has 11 heteroatoms. The van der Waals surface area contributed by atoms with E-state index in [9.17, 15) is 14.4 Å². The molecule has 4 aliphatic rings. The molecular weight excluding hydrogens is 562 g/mol. The van der Waals surface area contributed by atoms with E-state index in [1.54, 1.807) is 11.1 Å². The molecule has 2 N–H and O–H groups in total. The summed E-state index contributed by atoms with van der Waals surface area (Å²) in [5.74, 6) is -0.640. The second-order valence-corrected chi connectivity index (χ2v) is 13.6. The van der Waals surface area contributed by atoms with Crippen molar-refractivity contribution in [2.75, 3.05) is 44.4 Å². The zero-order valence-corrected chi connectivity index (χ0v) is 26.0. The minimum Gasteiger partial charge on any atom is -0.381 e. The molecule has 4 fully saturated rings. The van der Waals surface area contributed by atoms with E-state index < -0.39 is 6.04 Å². The average Bonchev–Trinajstić information content (AvgIpc) is 3.82. The maximum Gasteiger partial charge on any atom is 0.279 e. The van der Waals surface area contributed by atoms with Crippen molar-refractivity contribution in [3.63, 3.8) is 0 Å². The highest BCUT2D eigenvalue weighted by Crippen LogP contribution is 2.40. The Morgan fingerprint density at radius 1 is 1.00 bits per heavy atom. The highest BCUT2D eigenvalue weighted by atomic mass is 16.7. The molecule has 0 aliphatic carbocycles. The molecule has 2 aromatic rings. The number of imidazole rings is 1. The van der Waals surface area contributed by atoms with Gasteiger partial charge in [-0.15, -0.1) is 0 Å². The number of likely N-dealkylation sites (tertiary alicyclic amines) is 1. The largest absolute Gasteiger partial charge is 0.381 e.